The van der Waals surface area contributed by atoms with Crippen molar-refractivity contribution in [2.24, 2.45) is 11.7 Å². The predicted octanol–water partition coefficient (Wildman–Crippen LogP) is 0.792. The van der Waals surface area contributed by atoms with Crippen molar-refractivity contribution in [3.05, 3.63) is 28.7 Å². The van der Waals surface area contributed by atoms with Gasteiger partial charge < -0.3 is 15.6 Å². The van der Waals surface area contributed by atoms with Crippen LogP contribution in [0, 0.1) is 5.92 Å². The van der Waals surface area contributed by atoms with Crippen LogP contribution in [0.25, 0.3) is 0 Å². The van der Waals surface area contributed by atoms with Crippen molar-refractivity contribution in [2.45, 2.75) is 26.8 Å². The normalized spacial score (nSPS) is 12.2. The third-order valence-corrected chi connectivity index (χ3v) is 2.64. The molecule has 1 aromatic heterocycles. The number of rotatable bonds is 5. The molecule has 0 bridgehead atoms. The maximum absolute atomic E-state index is 11.7. The number of hydrogen-bond acceptors (Lipinski definition) is 3. The molecule has 1 heterocycles. The molecule has 17 heavy (non-hydrogen) atoms. The maximum atomic E-state index is 11.7. The van der Waals surface area contributed by atoms with E-state index in [2.05, 4.69) is 5.32 Å². The fourth-order valence-corrected chi connectivity index (χ4v) is 1.50. The van der Waals surface area contributed by atoms with Crippen LogP contribution >= 0.6 is 0 Å². The summed E-state index contributed by atoms with van der Waals surface area (Å²) in [6, 6.07) is 3.06. The zero-order valence-corrected chi connectivity index (χ0v) is 10.3. The van der Waals surface area contributed by atoms with Gasteiger partial charge in [0.1, 0.15) is 0 Å². The van der Waals surface area contributed by atoms with Crippen molar-refractivity contribution in [3.63, 3.8) is 0 Å². The Morgan fingerprint density at radius 2 is 2.24 bits per heavy atom. The third kappa shape index (κ3) is 3.71. The number of aromatic nitrogens is 1. The SMILES string of the molecule is CCn1cc(NC(=O)C(C)CCN)ccc1=O. The van der Waals surface area contributed by atoms with Gasteiger partial charge >= 0.3 is 0 Å². The van der Waals surface area contributed by atoms with Crippen LogP contribution in [0.5, 0.6) is 0 Å². The van der Waals surface area contributed by atoms with Crippen molar-refractivity contribution < 1.29 is 4.79 Å². The minimum absolute atomic E-state index is 0.0690. The van der Waals surface area contributed by atoms with Gasteiger partial charge in [-0.2, -0.15) is 0 Å². The second kappa shape index (κ2) is 6.20. The van der Waals surface area contributed by atoms with E-state index in [9.17, 15) is 9.59 Å². The van der Waals surface area contributed by atoms with Crippen LogP contribution in [-0.2, 0) is 11.3 Å². The van der Waals surface area contributed by atoms with Gasteiger partial charge in [-0.05, 0) is 26.0 Å². The molecule has 5 heteroatoms. The lowest BCUT2D eigenvalue weighted by Gasteiger charge is -2.12. The minimum atomic E-state index is -0.123. The highest BCUT2D eigenvalue weighted by atomic mass is 16.2. The summed E-state index contributed by atoms with van der Waals surface area (Å²) in [5.74, 6) is -0.196. The molecule has 1 aromatic rings. The lowest BCUT2D eigenvalue weighted by molar-refractivity contribution is -0.119. The van der Waals surface area contributed by atoms with Crippen molar-refractivity contribution in [1.29, 1.82) is 0 Å². The minimum Gasteiger partial charge on any atom is -0.330 e. The molecule has 0 aliphatic rings. The van der Waals surface area contributed by atoms with E-state index in [-0.39, 0.29) is 17.4 Å². The van der Waals surface area contributed by atoms with Crippen LogP contribution < -0.4 is 16.6 Å². The highest BCUT2D eigenvalue weighted by Crippen LogP contribution is 2.08. The summed E-state index contributed by atoms with van der Waals surface area (Å²) in [6.45, 7) is 4.78. The van der Waals surface area contributed by atoms with E-state index < -0.39 is 0 Å². The van der Waals surface area contributed by atoms with E-state index in [4.69, 9.17) is 5.73 Å². The summed E-state index contributed by atoms with van der Waals surface area (Å²) in [4.78, 5) is 23.1. The number of carbonyl (C=O) groups excluding carboxylic acids is 1. The number of anilines is 1. The van der Waals surface area contributed by atoms with Crippen molar-refractivity contribution in [3.8, 4) is 0 Å². The topological polar surface area (TPSA) is 77.1 Å². The van der Waals surface area contributed by atoms with Gasteiger partial charge in [0.15, 0.2) is 0 Å². The summed E-state index contributed by atoms with van der Waals surface area (Å²) in [6.07, 6.45) is 2.30. The second-order valence-corrected chi connectivity index (χ2v) is 4.01. The first-order valence-corrected chi connectivity index (χ1v) is 5.80. The molecule has 0 aliphatic heterocycles. The van der Waals surface area contributed by atoms with Crippen LogP contribution in [0.4, 0.5) is 5.69 Å². The lowest BCUT2D eigenvalue weighted by atomic mass is 10.1. The average molecular weight is 237 g/mol. The van der Waals surface area contributed by atoms with Gasteiger partial charge in [0.25, 0.3) is 5.56 Å². The Labute approximate surface area is 101 Å². The van der Waals surface area contributed by atoms with Crippen LogP contribution in [0.15, 0.2) is 23.1 Å². The standard InChI is InChI=1S/C12H19N3O2/c1-3-15-8-10(4-5-11(15)16)14-12(17)9(2)6-7-13/h4-5,8-9H,3,6-7,13H2,1-2H3,(H,14,17). The monoisotopic (exact) mass is 237 g/mol. The van der Waals surface area contributed by atoms with E-state index in [0.717, 1.165) is 0 Å². The summed E-state index contributed by atoms with van der Waals surface area (Å²) in [5, 5.41) is 2.77. The maximum Gasteiger partial charge on any atom is 0.250 e. The Bertz CT molecular complexity index is 440. The summed E-state index contributed by atoms with van der Waals surface area (Å²) >= 11 is 0. The molecule has 1 amide bonds. The molecular formula is C12H19N3O2. The highest BCUT2D eigenvalue weighted by molar-refractivity contribution is 5.92. The van der Waals surface area contributed by atoms with Gasteiger partial charge in [0.05, 0.1) is 5.69 Å². The molecule has 0 fully saturated rings. The largest absolute Gasteiger partial charge is 0.330 e. The Kier molecular flexibility index (Phi) is 4.90. The zero-order chi connectivity index (χ0) is 12.8. The Hall–Kier alpha value is -1.62. The Morgan fingerprint density at radius 1 is 1.53 bits per heavy atom. The zero-order valence-electron chi connectivity index (χ0n) is 10.3. The first kappa shape index (κ1) is 13.4. The summed E-state index contributed by atoms with van der Waals surface area (Å²) in [5.41, 5.74) is 5.97. The molecule has 94 valence electrons. The van der Waals surface area contributed by atoms with E-state index in [1.54, 1.807) is 16.8 Å². The number of nitrogens with one attached hydrogen (secondary N) is 1. The van der Waals surface area contributed by atoms with Gasteiger partial charge in [-0.1, -0.05) is 6.92 Å². The first-order chi connectivity index (χ1) is 8.08. The Balaban J connectivity index is 2.75. The molecule has 0 spiro atoms. The van der Waals surface area contributed by atoms with Crippen LogP contribution in [0.1, 0.15) is 20.3 Å². The van der Waals surface area contributed by atoms with Gasteiger partial charge in [-0.3, -0.25) is 9.59 Å². The van der Waals surface area contributed by atoms with E-state index in [0.29, 0.717) is 25.2 Å². The number of carbonyl (C=O) groups is 1. The molecule has 1 rings (SSSR count). The van der Waals surface area contributed by atoms with Gasteiger partial charge in [0.2, 0.25) is 5.91 Å². The van der Waals surface area contributed by atoms with E-state index >= 15 is 0 Å². The lowest BCUT2D eigenvalue weighted by Crippen LogP contribution is -2.24. The summed E-state index contributed by atoms with van der Waals surface area (Å²) in [7, 11) is 0. The quantitative estimate of drug-likeness (QED) is 0.795. The molecular weight excluding hydrogens is 218 g/mol. The molecule has 0 saturated heterocycles. The van der Waals surface area contributed by atoms with Crippen LogP contribution in [0.3, 0.4) is 0 Å². The Morgan fingerprint density at radius 3 is 2.82 bits per heavy atom. The smallest absolute Gasteiger partial charge is 0.250 e. The fraction of sp³-hybridized carbons (Fsp3) is 0.500. The average Bonchev–Trinajstić information content (AvgIpc) is 2.31. The first-order valence-electron chi connectivity index (χ1n) is 5.80. The van der Waals surface area contributed by atoms with Gasteiger partial charge in [0, 0.05) is 24.7 Å². The molecule has 0 saturated carbocycles. The molecule has 0 aliphatic carbocycles. The van der Waals surface area contributed by atoms with Crippen LogP contribution in [-0.4, -0.2) is 17.0 Å². The van der Waals surface area contributed by atoms with Crippen molar-refractivity contribution in [2.75, 3.05) is 11.9 Å². The van der Waals surface area contributed by atoms with Crippen molar-refractivity contribution >= 4 is 11.6 Å². The van der Waals surface area contributed by atoms with Gasteiger partial charge in [-0.25, -0.2) is 0 Å². The van der Waals surface area contributed by atoms with E-state index in [1.807, 2.05) is 13.8 Å². The molecule has 5 nitrogen and oxygen atoms in total. The molecule has 1 atom stereocenters. The summed E-state index contributed by atoms with van der Waals surface area (Å²) < 4.78 is 1.54. The highest BCUT2D eigenvalue weighted by Gasteiger charge is 2.12. The third-order valence-electron chi connectivity index (χ3n) is 2.64. The fourth-order valence-electron chi connectivity index (χ4n) is 1.50. The van der Waals surface area contributed by atoms with Crippen LogP contribution in [0.2, 0.25) is 0 Å². The molecule has 3 N–H and O–H groups in total. The number of nitrogens with two attached hydrogens (primary N) is 1. The second-order valence-electron chi connectivity index (χ2n) is 4.01. The molecule has 0 radical (unpaired) electrons. The molecule has 0 aromatic carbocycles. The van der Waals surface area contributed by atoms with Gasteiger partial charge in [-0.15, -0.1) is 0 Å². The number of pyridine rings is 1. The van der Waals surface area contributed by atoms with E-state index in [1.165, 1.54) is 6.07 Å². The number of hydrogen-bond donors (Lipinski definition) is 2. The molecule has 1 unspecified atom stereocenters. The predicted molar refractivity (Wildman–Crippen MR) is 67.8 cm³/mol. The van der Waals surface area contributed by atoms with Crippen molar-refractivity contribution in [1.82, 2.24) is 4.57 Å². The number of amides is 1. The number of nitrogens with zero attached hydrogens (tertiary/aromatic N) is 1. The number of aryl methyl sites for hydroxylation is 1.